The van der Waals surface area contributed by atoms with Crippen molar-refractivity contribution < 1.29 is 32.3 Å². The van der Waals surface area contributed by atoms with Crippen molar-refractivity contribution >= 4 is 27.6 Å². The zero-order chi connectivity index (χ0) is 22.5. The second kappa shape index (κ2) is 9.67. The van der Waals surface area contributed by atoms with Crippen LogP contribution in [0, 0.1) is 12.8 Å². The van der Waals surface area contributed by atoms with Crippen molar-refractivity contribution in [3.8, 4) is 5.75 Å². The maximum absolute atomic E-state index is 13.2. The number of aryl methyl sites for hydroxylation is 1. The number of carbonyl (C=O) groups is 3. The van der Waals surface area contributed by atoms with Crippen LogP contribution in [0.2, 0.25) is 0 Å². The van der Waals surface area contributed by atoms with E-state index in [1.54, 1.807) is 12.1 Å². The number of sulfone groups is 1. The van der Waals surface area contributed by atoms with E-state index in [0.717, 1.165) is 5.56 Å². The minimum Gasteiger partial charge on any atom is -0.462 e. The van der Waals surface area contributed by atoms with Gasteiger partial charge in [0.05, 0.1) is 16.6 Å². The zero-order valence-corrected chi connectivity index (χ0v) is 18.1. The summed E-state index contributed by atoms with van der Waals surface area (Å²) < 4.78 is 36.0. The normalized spacial score (nSPS) is 13.2. The van der Waals surface area contributed by atoms with E-state index in [0.29, 0.717) is 0 Å². The van der Waals surface area contributed by atoms with Gasteiger partial charge in [-0.25, -0.2) is 8.42 Å². The minimum absolute atomic E-state index is 0.0783. The summed E-state index contributed by atoms with van der Waals surface area (Å²) >= 11 is 0. The van der Waals surface area contributed by atoms with Gasteiger partial charge in [0, 0.05) is 19.4 Å². The first kappa shape index (κ1) is 23.3. The molecular weight excluding hydrogens is 408 g/mol. The largest absolute Gasteiger partial charge is 0.462 e. The first-order valence-corrected chi connectivity index (χ1v) is 10.9. The first-order chi connectivity index (χ1) is 14.0. The third-order valence-corrected chi connectivity index (χ3v) is 6.20. The lowest BCUT2D eigenvalue weighted by Crippen LogP contribution is -2.35. The second-order valence-corrected chi connectivity index (χ2v) is 9.04. The molecule has 2 aromatic rings. The molecule has 2 rings (SSSR count). The van der Waals surface area contributed by atoms with E-state index in [1.165, 1.54) is 57.2 Å². The van der Waals surface area contributed by atoms with Crippen molar-refractivity contribution in [2.24, 2.45) is 5.92 Å². The van der Waals surface area contributed by atoms with Crippen molar-refractivity contribution in [3.05, 3.63) is 59.7 Å². The lowest BCUT2D eigenvalue weighted by Gasteiger charge is -2.23. The molecular formula is C22H24O7S. The monoisotopic (exact) mass is 432 g/mol. The van der Waals surface area contributed by atoms with E-state index in [9.17, 15) is 22.8 Å². The van der Waals surface area contributed by atoms with Gasteiger partial charge < -0.3 is 9.47 Å². The number of ketones is 1. The Balaban J connectivity index is 2.39. The van der Waals surface area contributed by atoms with Crippen LogP contribution < -0.4 is 4.74 Å². The fraction of sp³-hybridized carbons (Fsp3) is 0.318. The Morgan fingerprint density at radius 2 is 1.60 bits per heavy atom. The van der Waals surface area contributed by atoms with E-state index < -0.39 is 45.3 Å². The highest BCUT2D eigenvalue weighted by Gasteiger charge is 2.34. The average molecular weight is 432 g/mol. The summed E-state index contributed by atoms with van der Waals surface area (Å²) in [6.07, 6.45) is -0.979. The van der Waals surface area contributed by atoms with Gasteiger partial charge >= 0.3 is 11.9 Å². The molecule has 0 radical (unpaired) electrons. The maximum Gasteiger partial charge on any atom is 0.308 e. The highest BCUT2D eigenvalue weighted by molar-refractivity contribution is 7.91. The third kappa shape index (κ3) is 6.25. The van der Waals surface area contributed by atoms with Crippen LogP contribution in [-0.2, 0) is 24.2 Å². The molecule has 0 bridgehead atoms. The van der Waals surface area contributed by atoms with Gasteiger partial charge in [-0.1, -0.05) is 29.8 Å². The molecule has 0 amide bonds. The van der Waals surface area contributed by atoms with Crippen LogP contribution in [0.5, 0.6) is 5.75 Å². The Morgan fingerprint density at radius 1 is 0.967 bits per heavy atom. The van der Waals surface area contributed by atoms with Crippen LogP contribution in [0.25, 0.3) is 0 Å². The molecule has 8 heteroatoms. The smallest absolute Gasteiger partial charge is 0.308 e. The van der Waals surface area contributed by atoms with Gasteiger partial charge in [0.2, 0.25) is 0 Å². The van der Waals surface area contributed by atoms with E-state index in [1.807, 2.05) is 6.92 Å². The van der Waals surface area contributed by atoms with Crippen LogP contribution in [0.4, 0.5) is 0 Å². The summed E-state index contributed by atoms with van der Waals surface area (Å²) in [5.74, 6) is -3.23. The van der Waals surface area contributed by atoms with Crippen molar-refractivity contribution in [1.29, 1.82) is 0 Å². The number of esters is 2. The SMILES string of the molecule is CC(=O)Oc1cccc(C(=O)[C@@H](CS(=O)(=O)c2ccc(C)cc2)[C@H](C)OC(C)=O)c1. The molecule has 0 aliphatic heterocycles. The average Bonchev–Trinajstić information content (AvgIpc) is 2.65. The van der Waals surface area contributed by atoms with Gasteiger partial charge in [-0.15, -0.1) is 0 Å². The molecule has 7 nitrogen and oxygen atoms in total. The summed E-state index contributed by atoms with van der Waals surface area (Å²) in [4.78, 5) is 35.9. The van der Waals surface area contributed by atoms with Crippen molar-refractivity contribution in [3.63, 3.8) is 0 Å². The third-order valence-electron chi connectivity index (χ3n) is 4.41. The lowest BCUT2D eigenvalue weighted by atomic mass is 9.94. The van der Waals surface area contributed by atoms with E-state index >= 15 is 0 Å². The summed E-state index contributed by atoms with van der Waals surface area (Å²) in [5.41, 5.74) is 1.05. The van der Waals surface area contributed by atoms with E-state index in [2.05, 4.69) is 0 Å². The number of benzene rings is 2. The topological polar surface area (TPSA) is 104 Å². The molecule has 160 valence electrons. The second-order valence-electron chi connectivity index (χ2n) is 7.00. The Labute approximate surface area is 175 Å². The van der Waals surface area contributed by atoms with Crippen molar-refractivity contribution in [2.75, 3.05) is 5.75 Å². The molecule has 0 aliphatic rings. The van der Waals surface area contributed by atoms with Crippen molar-refractivity contribution in [2.45, 2.75) is 38.7 Å². The molecule has 0 unspecified atom stereocenters. The highest BCUT2D eigenvalue weighted by Crippen LogP contribution is 2.24. The van der Waals surface area contributed by atoms with Crippen LogP contribution in [0.3, 0.4) is 0 Å². The van der Waals surface area contributed by atoms with E-state index in [-0.39, 0.29) is 16.2 Å². The molecule has 0 N–H and O–H groups in total. The number of hydrogen-bond acceptors (Lipinski definition) is 7. The van der Waals surface area contributed by atoms with Crippen LogP contribution in [-0.4, -0.2) is 38.0 Å². The quantitative estimate of drug-likeness (QED) is 0.358. The molecule has 2 aromatic carbocycles. The number of ether oxygens (including phenoxy) is 2. The van der Waals surface area contributed by atoms with Gasteiger partial charge in [-0.3, -0.25) is 14.4 Å². The highest BCUT2D eigenvalue weighted by atomic mass is 32.2. The van der Waals surface area contributed by atoms with Gasteiger partial charge in [0.15, 0.2) is 15.6 Å². The van der Waals surface area contributed by atoms with Gasteiger partial charge in [0.1, 0.15) is 11.9 Å². The summed E-state index contributed by atoms with van der Waals surface area (Å²) in [5, 5.41) is 0. The number of Topliss-reactive ketones (excluding diaryl/α,β-unsaturated/α-hetero) is 1. The first-order valence-electron chi connectivity index (χ1n) is 9.29. The molecule has 0 aliphatic carbocycles. The van der Waals surface area contributed by atoms with Crippen molar-refractivity contribution in [1.82, 2.24) is 0 Å². The molecule has 0 saturated carbocycles. The standard InChI is InChI=1S/C22H24O7S/c1-14-8-10-20(11-9-14)30(26,27)13-21(15(2)28-16(3)23)22(25)18-6-5-7-19(12-18)29-17(4)24/h5-12,15,21H,13H2,1-4H3/t15-,21-/m0/s1. The molecule has 0 spiro atoms. The Hall–Kier alpha value is -3.00. The van der Waals surface area contributed by atoms with E-state index in [4.69, 9.17) is 9.47 Å². The lowest BCUT2D eigenvalue weighted by molar-refractivity contribution is -0.146. The molecule has 30 heavy (non-hydrogen) atoms. The van der Waals surface area contributed by atoms with Gasteiger partial charge in [-0.05, 0) is 38.1 Å². The number of hydrogen-bond donors (Lipinski definition) is 0. The summed E-state index contributed by atoms with van der Waals surface area (Å²) in [6.45, 7) is 5.73. The molecule has 0 saturated heterocycles. The fourth-order valence-electron chi connectivity index (χ4n) is 2.94. The zero-order valence-electron chi connectivity index (χ0n) is 17.2. The Morgan fingerprint density at radius 3 is 2.17 bits per heavy atom. The van der Waals surface area contributed by atoms with Gasteiger partial charge in [-0.2, -0.15) is 0 Å². The van der Waals surface area contributed by atoms with Crippen LogP contribution in [0.1, 0.15) is 36.7 Å². The maximum atomic E-state index is 13.2. The summed E-state index contributed by atoms with van der Waals surface area (Å²) in [6, 6.07) is 12.2. The van der Waals surface area contributed by atoms with Crippen LogP contribution >= 0.6 is 0 Å². The molecule has 0 heterocycles. The fourth-order valence-corrected chi connectivity index (χ4v) is 4.58. The van der Waals surface area contributed by atoms with Gasteiger partial charge in [0.25, 0.3) is 0 Å². The molecule has 0 aromatic heterocycles. The number of carbonyl (C=O) groups excluding carboxylic acids is 3. The Bertz CT molecular complexity index is 1040. The predicted molar refractivity (Wildman–Crippen MR) is 110 cm³/mol. The predicted octanol–water partition coefficient (Wildman–Crippen LogP) is 3.14. The van der Waals surface area contributed by atoms with Crippen LogP contribution in [0.15, 0.2) is 53.4 Å². The molecule has 0 fully saturated rings. The summed E-state index contributed by atoms with van der Waals surface area (Å²) in [7, 11) is -3.84. The minimum atomic E-state index is -3.84. The Kier molecular flexibility index (Phi) is 7.50. The number of rotatable bonds is 8. The molecule has 2 atom stereocenters.